The highest BCUT2D eigenvalue weighted by atomic mass is 35.5. The van der Waals surface area contributed by atoms with Crippen LogP contribution in [0.1, 0.15) is 49.0 Å². The minimum absolute atomic E-state index is 0.196. The zero-order valence-corrected chi connectivity index (χ0v) is 17.9. The average Bonchev–Trinajstić information content (AvgIpc) is 2.97. The van der Waals surface area contributed by atoms with Crippen molar-refractivity contribution < 1.29 is 13.6 Å². The van der Waals surface area contributed by atoms with E-state index in [2.05, 4.69) is 11.4 Å². The molecular formula is C24H25ClF2N2O. The Bertz CT molecular complexity index is 1010. The number of nitrogens with one attached hydrogen (secondary N) is 1. The lowest BCUT2D eigenvalue weighted by atomic mass is 9.69. The highest BCUT2D eigenvalue weighted by Crippen LogP contribution is 2.52. The van der Waals surface area contributed by atoms with E-state index >= 15 is 0 Å². The molecule has 6 heteroatoms. The number of allylic oxidation sites excluding steroid dienone is 1. The number of piperidine rings is 1. The number of carbonyl (C=O) groups is 1. The smallest absolute Gasteiger partial charge is 0.261 e. The highest BCUT2D eigenvalue weighted by Gasteiger charge is 2.52. The predicted molar refractivity (Wildman–Crippen MR) is 116 cm³/mol. The first-order valence-corrected chi connectivity index (χ1v) is 10.6. The maximum absolute atomic E-state index is 14.6. The van der Waals surface area contributed by atoms with Gasteiger partial charge < -0.3 is 10.2 Å². The molecule has 0 unspecified atom stereocenters. The van der Waals surface area contributed by atoms with Gasteiger partial charge in [0.05, 0.1) is 11.6 Å². The summed E-state index contributed by atoms with van der Waals surface area (Å²) < 4.78 is 28.4. The number of anilines is 1. The molecule has 0 radical (unpaired) electrons. The second kappa shape index (κ2) is 8.12. The molecule has 2 aromatic carbocycles. The molecule has 0 aliphatic carbocycles. The highest BCUT2D eigenvalue weighted by molar-refractivity contribution is 6.30. The Morgan fingerprint density at radius 3 is 2.67 bits per heavy atom. The molecule has 2 aromatic rings. The van der Waals surface area contributed by atoms with Crippen LogP contribution in [-0.2, 0) is 5.41 Å². The van der Waals surface area contributed by atoms with E-state index in [1.165, 1.54) is 12.1 Å². The van der Waals surface area contributed by atoms with E-state index in [1.807, 2.05) is 26.0 Å². The van der Waals surface area contributed by atoms with Gasteiger partial charge in [0.15, 0.2) is 11.6 Å². The zero-order valence-electron chi connectivity index (χ0n) is 17.1. The Morgan fingerprint density at radius 2 is 1.97 bits per heavy atom. The fourth-order valence-corrected chi connectivity index (χ4v) is 5.09. The van der Waals surface area contributed by atoms with Crippen LogP contribution in [0.4, 0.5) is 14.5 Å². The summed E-state index contributed by atoms with van der Waals surface area (Å²) in [6.45, 7) is 5.69. The quantitative estimate of drug-likeness (QED) is 0.640. The van der Waals surface area contributed by atoms with Crippen LogP contribution in [0, 0.1) is 11.6 Å². The Kier molecular flexibility index (Phi) is 5.69. The monoisotopic (exact) mass is 430 g/mol. The summed E-state index contributed by atoms with van der Waals surface area (Å²) in [6, 6.07) is 9.07. The van der Waals surface area contributed by atoms with Crippen molar-refractivity contribution in [2.24, 2.45) is 0 Å². The van der Waals surface area contributed by atoms with E-state index in [0.29, 0.717) is 11.4 Å². The number of benzene rings is 2. The Morgan fingerprint density at radius 1 is 1.23 bits per heavy atom. The third kappa shape index (κ3) is 3.44. The van der Waals surface area contributed by atoms with Gasteiger partial charge in [0, 0.05) is 16.1 Å². The molecule has 1 amide bonds. The molecule has 0 aromatic heterocycles. The van der Waals surface area contributed by atoms with E-state index in [4.69, 9.17) is 11.6 Å². The van der Waals surface area contributed by atoms with Crippen LogP contribution in [0.25, 0.3) is 0 Å². The van der Waals surface area contributed by atoms with Gasteiger partial charge in [0.2, 0.25) is 0 Å². The number of hydrogen-bond acceptors (Lipinski definition) is 2. The topological polar surface area (TPSA) is 32.3 Å². The lowest BCUT2D eigenvalue weighted by Gasteiger charge is -2.41. The average molecular weight is 431 g/mol. The minimum Gasteiger partial charge on any atom is -0.317 e. The van der Waals surface area contributed by atoms with Gasteiger partial charge in [-0.25, -0.2) is 8.78 Å². The minimum atomic E-state index is -1.11. The molecule has 1 spiro atoms. The van der Waals surface area contributed by atoms with Crippen LogP contribution in [0.5, 0.6) is 0 Å². The number of fused-ring (bicyclic) bond motifs is 2. The van der Waals surface area contributed by atoms with E-state index in [0.717, 1.165) is 48.8 Å². The van der Waals surface area contributed by atoms with Crippen LogP contribution < -0.4 is 10.2 Å². The van der Waals surface area contributed by atoms with Gasteiger partial charge in [0.1, 0.15) is 0 Å². The fraction of sp³-hybridized carbons (Fsp3) is 0.375. The van der Waals surface area contributed by atoms with Crippen molar-refractivity contribution in [1.82, 2.24) is 5.32 Å². The van der Waals surface area contributed by atoms with E-state index in [1.54, 1.807) is 11.0 Å². The van der Waals surface area contributed by atoms with Crippen molar-refractivity contribution in [2.45, 2.75) is 44.6 Å². The third-order valence-electron chi connectivity index (χ3n) is 6.35. The van der Waals surface area contributed by atoms with E-state index < -0.39 is 17.5 Å². The fourth-order valence-electron chi connectivity index (χ4n) is 4.92. The maximum Gasteiger partial charge on any atom is 0.261 e. The van der Waals surface area contributed by atoms with Gasteiger partial charge in [-0.15, -0.1) is 0 Å². The standard InChI is InChI=1S/C24H25ClF2N2O/c1-15(2)6-9-21-24(10-12-28-13-11-24)18-14-16(25)7-8-20(18)29(21)23(30)17-4-3-5-19(26)22(17)27/h3-8,14,21,28H,9-13H2,1-2H3/t21-/m1/s1. The van der Waals surface area contributed by atoms with Crippen LogP contribution >= 0.6 is 11.6 Å². The summed E-state index contributed by atoms with van der Waals surface area (Å²) >= 11 is 6.35. The molecule has 2 aliphatic heterocycles. The number of carbonyl (C=O) groups excluding carboxylic acids is 1. The molecule has 1 fully saturated rings. The van der Waals surface area contributed by atoms with Gasteiger partial charge in [0.25, 0.3) is 5.91 Å². The van der Waals surface area contributed by atoms with Gasteiger partial charge >= 0.3 is 0 Å². The van der Waals surface area contributed by atoms with Crippen LogP contribution in [0.3, 0.4) is 0 Å². The zero-order chi connectivity index (χ0) is 21.5. The Hall–Kier alpha value is -2.24. The molecule has 4 rings (SSSR count). The maximum atomic E-state index is 14.6. The number of hydrogen-bond donors (Lipinski definition) is 1. The second-order valence-electron chi connectivity index (χ2n) is 8.38. The summed E-state index contributed by atoms with van der Waals surface area (Å²) in [7, 11) is 0. The van der Waals surface area contributed by atoms with Crippen molar-refractivity contribution >= 4 is 23.2 Å². The Labute approximate surface area is 180 Å². The molecule has 30 heavy (non-hydrogen) atoms. The largest absolute Gasteiger partial charge is 0.317 e. The van der Waals surface area contributed by atoms with Gasteiger partial charge in [-0.3, -0.25) is 4.79 Å². The van der Waals surface area contributed by atoms with Crippen LogP contribution in [-0.4, -0.2) is 25.0 Å². The number of halogens is 3. The van der Waals surface area contributed by atoms with Gasteiger partial charge in [-0.05, 0) is 82.1 Å². The molecular weight excluding hydrogens is 406 g/mol. The molecule has 3 nitrogen and oxygen atoms in total. The predicted octanol–water partition coefficient (Wildman–Crippen LogP) is 5.62. The van der Waals surface area contributed by atoms with Crippen molar-refractivity contribution in [1.29, 1.82) is 0 Å². The summed E-state index contributed by atoms with van der Waals surface area (Å²) in [5.41, 5.74) is 2.38. The third-order valence-corrected chi connectivity index (χ3v) is 6.59. The normalized spacial score (nSPS) is 19.6. The molecule has 1 saturated heterocycles. The molecule has 1 N–H and O–H groups in total. The first-order chi connectivity index (χ1) is 14.3. The van der Waals surface area contributed by atoms with E-state index in [9.17, 15) is 13.6 Å². The van der Waals surface area contributed by atoms with Crippen molar-refractivity contribution in [3.63, 3.8) is 0 Å². The van der Waals surface area contributed by atoms with Gasteiger partial charge in [-0.2, -0.15) is 0 Å². The Balaban J connectivity index is 1.89. The first-order valence-electron chi connectivity index (χ1n) is 10.3. The SMILES string of the molecule is CC(C)=CC[C@H]1N(C(=O)c2cccc(F)c2F)c2ccc(Cl)cc2C12CCNCC2. The summed E-state index contributed by atoms with van der Waals surface area (Å²) in [4.78, 5) is 15.3. The summed E-state index contributed by atoms with van der Waals surface area (Å²) in [5.74, 6) is -2.64. The summed E-state index contributed by atoms with van der Waals surface area (Å²) in [5, 5.41) is 4.01. The van der Waals surface area contributed by atoms with Crippen molar-refractivity contribution in [3.8, 4) is 0 Å². The van der Waals surface area contributed by atoms with E-state index in [-0.39, 0.29) is 17.0 Å². The molecule has 1 atom stereocenters. The van der Waals surface area contributed by atoms with Crippen molar-refractivity contribution in [2.75, 3.05) is 18.0 Å². The van der Waals surface area contributed by atoms with Crippen LogP contribution in [0.15, 0.2) is 48.0 Å². The first kappa shape index (κ1) is 21.0. The van der Waals surface area contributed by atoms with Crippen molar-refractivity contribution in [3.05, 3.63) is 75.8 Å². The molecule has 2 aliphatic rings. The second-order valence-corrected chi connectivity index (χ2v) is 8.81. The number of rotatable bonds is 3. The number of amides is 1. The van der Waals surface area contributed by atoms with Gasteiger partial charge in [-0.1, -0.05) is 29.3 Å². The lowest BCUT2D eigenvalue weighted by molar-refractivity contribution is 0.0959. The molecule has 2 heterocycles. The molecule has 0 saturated carbocycles. The lowest BCUT2D eigenvalue weighted by Crippen LogP contribution is -2.52. The van der Waals surface area contributed by atoms with Crippen LogP contribution in [0.2, 0.25) is 5.02 Å². The molecule has 0 bridgehead atoms. The summed E-state index contributed by atoms with van der Waals surface area (Å²) in [6.07, 6.45) is 4.44. The molecule has 158 valence electrons. The number of nitrogens with zero attached hydrogens (tertiary/aromatic N) is 1.